The van der Waals surface area contributed by atoms with Crippen molar-refractivity contribution in [3.63, 3.8) is 0 Å². The van der Waals surface area contributed by atoms with Crippen LogP contribution in [-0.4, -0.2) is 28.5 Å². The molecule has 0 radical (unpaired) electrons. The molecule has 0 amide bonds. The highest BCUT2D eigenvalue weighted by atomic mass is 16.6. The Bertz CT molecular complexity index is 551. The van der Waals surface area contributed by atoms with E-state index >= 15 is 0 Å². The first-order valence-electron chi connectivity index (χ1n) is 5.72. The number of nitrogens with one attached hydrogen (secondary N) is 1. The number of hydrogen-bond acceptors (Lipinski definition) is 4. The zero-order valence-electron chi connectivity index (χ0n) is 9.63. The largest absolute Gasteiger partial charge is 0.485 e. The molecular formula is C13H12N2O3. The molecule has 1 N–H and O–H groups in total. The molecule has 0 saturated carbocycles. The smallest absolute Gasteiger partial charge is 0.191 e. The summed E-state index contributed by atoms with van der Waals surface area (Å²) in [6.45, 7) is 0.247. The standard InChI is InChI=1S/C13H12N2O3/c16-9(7-13-14-5-6-15-13)12-8-17-10-3-1-2-4-11(10)18-12/h1-6,12H,7-8H2,(H,14,15). The summed E-state index contributed by atoms with van der Waals surface area (Å²) in [5, 5.41) is 0. The first kappa shape index (κ1) is 10.8. The molecule has 2 heterocycles. The number of benzene rings is 1. The van der Waals surface area contributed by atoms with Gasteiger partial charge in [-0.15, -0.1) is 0 Å². The molecule has 2 aromatic rings. The molecule has 1 atom stereocenters. The Morgan fingerprint density at radius 2 is 2.22 bits per heavy atom. The summed E-state index contributed by atoms with van der Waals surface area (Å²) in [5.74, 6) is 1.89. The SMILES string of the molecule is O=C(Cc1ncc[nH]1)C1COc2ccccc2O1. The Morgan fingerprint density at radius 1 is 1.39 bits per heavy atom. The van der Waals surface area contributed by atoms with Crippen LogP contribution in [-0.2, 0) is 11.2 Å². The summed E-state index contributed by atoms with van der Waals surface area (Å²) in [5.41, 5.74) is 0. The number of carbonyl (C=O) groups excluding carboxylic acids is 1. The molecule has 3 rings (SSSR count). The third-order valence-electron chi connectivity index (χ3n) is 2.76. The molecular weight excluding hydrogens is 232 g/mol. The fraction of sp³-hybridized carbons (Fsp3) is 0.231. The Hall–Kier alpha value is -2.30. The zero-order chi connectivity index (χ0) is 12.4. The normalized spacial score (nSPS) is 17.4. The Kier molecular flexibility index (Phi) is 2.72. The van der Waals surface area contributed by atoms with Crippen molar-refractivity contribution < 1.29 is 14.3 Å². The second kappa shape index (κ2) is 4.52. The van der Waals surface area contributed by atoms with Crippen LogP contribution in [0.15, 0.2) is 36.7 Å². The van der Waals surface area contributed by atoms with Crippen molar-refractivity contribution in [2.75, 3.05) is 6.61 Å². The predicted octanol–water partition coefficient (Wildman–Crippen LogP) is 1.36. The summed E-state index contributed by atoms with van der Waals surface area (Å²) in [6.07, 6.45) is 2.97. The van der Waals surface area contributed by atoms with Gasteiger partial charge in [0.15, 0.2) is 23.4 Å². The summed E-state index contributed by atoms with van der Waals surface area (Å²) >= 11 is 0. The van der Waals surface area contributed by atoms with Gasteiger partial charge in [-0.25, -0.2) is 4.98 Å². The van der Waals surface area contributed by atoms with E-state index in [0.717, 1.165) is 0 Å². The number of imidazole rings is 1. The number of ketones is 1. The molecule has 92 valence electrons. The molecule has 0 fully saturated rings. The molecule has 0 saturated heterocycles. The number of carbonyl (C=O) groups is 1. The zero-order valence-corrected chi connectivity index (χ0v) is 9.63. The van der Waals surface area contributed by atoms with Gasteiger partial charge in [-0.1, -0.05) is 12.1 Å². The van der Waals surface area contributed by atoms with Crippen LogP contribution in [0.4, 0.5) is 0 Å². The Balaban J connectivity index is 1.70. The van der Waals surface area contributed by atoms with E-state index in [1.165, 1.54) is 0 Å². The monoisotopic (exact) mass is 244 g/mol. The third-order valence-corrected chi connectivity index (χ3v) is 2.76. The quantitative estimate of drug-likeness (QED) is 0.885. The van der Waals surface area contributed by atoms with Crippen molar-refractivity contribution in [1.82, 2.24) is 9.97 Å². The number of para-hydroxylation sites is 2. The van der Waals surface area contributed by atoms with Crippen molar-refractivity contribution in [3.8, 4) is 11.5 Å². The highest BCUT2D eigenvalue weighted by Crippen LogP contribution is 2.31. The number of fused-ring (bicyclic) bond motifs is 1. The maximum Gasteiger partial charge on any atom is 0.191 e. The van der Waals surface area contributed by atoms with Gasteiger partial charge in [-0.05, 0) is 12.1 Å². The van der Waals surface area contributed by atoms with Crippen LogP contribution in [0.5, 0.6) is 11.5 Å². The number of ether oxygens (including phenoxy) is 2. The van der Waals surface area contributed by atoms with E-state index in [0.29, 0.717) is 17.3 Å². The highest BCUT2D eigenvalue weighted by molar-refractivity contribution is 5.85. The fourth-order valence-corrected chi connectivity index (χ4v) is 1.85. The maximum atomic E-state index is 12.0. The molecule has 0 aliphatic carbocycles. The third kappa shape index (κ3) is 2.07. The average Bonchev–Trinajstić information content (AvgIpc) is 2.91. The molecule has 5 nitrogen and oxygen atoms in total. The maximum absolute atomic E-state index is 12.0. The summed E-state index contributed by atoms with van der Waals surface area (Å²) < 4.78 is 11.1. The van der Waals surface area contributed by atoms with Crippen molar-refractivity contribution >= 4 is 5.78 Å². The van der Waals surface area contributed by atoms with E-state index in [9.17, 15) is 4.79 Å². The van der Waals surface area contributed by atoms with Gasteiger partial charge in [0, 0.05) is 12.4 Å². The molecule has 1 aromatic carbocycles. The van der Waals surface area contributed by atoms with Crippen LogP contribution in [0.3, 0.4) is 0 Å². The Labute approximate surface area is 104 Å². The van der Waals surface area contributed by atoms with E-state index < -0.39 is 6.10 Å². The van der Waals surface area contributed by atoms with Gasteiger partial charge in [0.05, 0.1) is 6.42 Å². The molecule has 1 unspecified atom stereocenters. The van der Waals surface area contributed by atoms with E-state index in [-0.39, 0.29) is 18.8 Å². The van der Waals surface area contributed by atoms with Gasteiger partial charge in [0.25, 0.3) is 0 Å². The lowest BCUT2D eigenvalue weighted by atomic mass is 10.1. The molecule has 1 aliphatic rings. The van der Waals surface area contributed by atoms with Gasteiger partial charge < -0.3 is 14.5 Å². The number of Topliss-reactive ketones (excluding diaryl/α,β-unsaturated/α-hetero) is 1. The van der Waals surface area contributed by atoms with Gasteiger partial charge in [-0.2, -0.15) is 0 Å². The van der Waals surface area contributed by atoms with Crippen molar-refractivity contribution in [1.29, 1.82) is 0 Å². The van der Waals surface area contributed by atoms with Crippen molar-refractivity contribution in [2.45, 2.75) is 12.5 Å². The van der Waals surface area contributed by atoms with Gasteiger partial charge in [-0.3, -0.25) is 4.79 Å². The van der Waals surface area contributed by atoms with Crippen molar-refractivity contribution in [3.05, 3.63) is 42.5 Å². The summed E-state index contributed by atoms with van der Waals surface area (Å²) in [7, 11) is 0. The number of H-pyrrole nitrogens is 1. The summed E-state index contributed by atoms with van der Waals surface area (Å²) in [4.78, 5) is 18.9. The minimum absolute atomic E-state index is 0.0422. The molecule has 1 aliphatic heterocycles. The average molecular weight is 244 g/mol. The second-order valence-corrected chi connectivity index (χ2v) is 4.04. The molecule has 5 heteroatoms. The lowest BCUT2D eigenvalue weighted by Crippen LogP contribution is -2.37. The first-order valence-corrected chi connectivity index (χ1v) is 5.72. The fourth-order valence-electron chi connectivity index (χ4n) is 1.85. The van der Waals surface area contributed by atoms with E-state index in [1.807, 2.05) is 18.2 Å². The van der Waals surface area contributed by atoms with Crippen LogP contribution in [0, 0.1) is 0 Å². The molecule has 18 heavy (non-hydrogen) atoms. The molecule has 0 spiro atoms. The van der Waals surface area contributed by atoms with E-state index in [4.69, 9.17) is 9.47 Å². The van der Waals surface area contributed by atoms with Crippen LogP contribution in [0.1, 0.15) is 5.82 Å². The predicted molar refractivity (Wildman–Crippen MR) is 63.7 cm³/mol. The van der Waals surface area contributed by atoms with Gasteiger partial charge in [0.2, 0.25) is 0 Å². The first-order chi connectivity index (χ1) is 8.83. The molecule has 0 bridgehead atoms. The number of aromatic amines is 1. The lowest BCUT2D eigenvalue weighted by molar-refractivity contribution is -0.127. The van der Waals surface area contributed by atoms with Crippen LogP contribution in [0.25, 0.3) is 0 Å². The van der Waals surface area contributed by atoms with Crippen LogP contribution >= 0.6 is 0 Å². The minimum atomic E-state index is -0.565. The number of aromatic nitrogens is 2. The highest BCUT2D eigenvalue weighted by Gasteiger charge is 2.27. The van der Waals surface area contributed by atoms with Gasteiger partial charge in [0.1, 0.15) is 12.4 Å². The van der Waals surface area contributed by atoms with Gasteiger partial charge >= 0.3 is 0 Å². The number of hydrogen-bond donors (Lipinski definition) is 1. The van der Waals surface area contributed by atoms with Crippen LogP contribution in [0.2, 0.25) is 0 Å². The Morgan fingerprint density at radius 3 is 3.00 bits per heavy atom. The lowest BCUT2D eigenvalue weighted by Gasteiger charge is -2.25. The van der Waals surface area contributed by atoms with Crippen molar-refractivity contribution in [2.24, 2.45) is 0 Å². The topological polar surface area (TPSA) is 64.2 Å². The minimum Gasteiger partial charge on any atom is -0.485 e. The van der Waals surface area contributed by atoms with Crippen LogP contribution < -0.4 is 9.47 Å². The molecule has 1 aromatic heterocycles. The van der Waals surface area contributed by atoms with E-state index in [2.05, 4.69) is 9.97 Å². The number of nitrogens with zero attached hydrogens (tertiary/aromatic N) is 1. The second-order valence-electron chi connectivity index (χ2n) is 4.04. The van der Waals surface area contributed by atoms with E-state index in [1.54, 1.807) is 18.5 Å². The summed E-state index contributed by atoms with van der Waals surface area (Å²) in [6, 6.07) is 7.33. The number of rotatable bonds is 3.